The van der Waals surface area contributed by atoms with Gasteiger partial charge in [-0.15, -0.1) is 0 Å². The summed E-state index contributed by atoms with van der Waals surface area (Å²) in [6.45, 7) is 9.05. The zero-order valence-electron chi connectivity index (χ0n) is 11.8. The fourth-order valence-corrected chi connectivity index (χ4v) is 2.24. The molecule has 1 N–H and O–H groups in total. The molecule has 0 aliphatic heterocycles. The number of aryl methyl sites for hydroxylation is 1. The molecular weight excluding hydrogens is 341 g/mol. The Balaban J connectivity index is 3.28. The van der Waals surface area contributed by atoms with Crippen molar-refractivity contribution in [3.8, 4) is 0 Å². The molecule has 0 saturated carbocycles. The SMILES string of the molecule is CCCc1nc(C(C)(C)OC)nc(NCC)c1I. The Morgan fingerprint density at radius 2 is 1.94 bits per heavy atom. The summed E-state index contributed by atoms with van der Waals surface area (Å²) in [6.07, 6.45) is 2.04. The summed E-state index contributed by atoms with van der Waals surface area (Å²) in [5.74, 6) is 1.65. The summed E-state index contributed by atoms with van der Waals surface area (Å²) < 4.78 is 6.59. The van der Waals surface area contributed by atoms with E-state index in [-0.39, 0.29) is 0 Å². The van der Waals surface area contributed by atoms with Crippen LogP contribution >= 0.6 is 22.6 Å². The summed E-state index contributed by atoms with van der Waals surface area (Å²) in [6, 6.07) is 0. The predicted molar refractivity (Wildman–Crippen MR) is 82.9 cm³/mol. The molecule has 0 spiro atoms. The van der Waals surface area contributed by atoms with Gasteiger partial charge in [-0.05, 0) is 49.8 Å². The summed E-state index contributed by atoms with van der Waals surface area (Å²) in [7, 11) is 1.69. The Bertz CT molecular complexity index is 380. The van der Waals surface area contributed by atoms with Crippen molar-refractivity contribution >= 4 is 28.4 Å². The molecule has 1 aromatic heterocycles. The van der Waals surface area contributed by atoms with E-state index in [0.29, 0.717) is 0 Å². The second-order valence-electron chi connectivity index (χ2n) is 4.65. The van der Waals surface area contributed by atoms with Crippen LogP contribution in [0.25, 0.3) is 0 Å². The van der Waals surface area contributed by atoms with E-state index in [2.05, 4.69) is 51.7 Å². The van der Waals surface area contributed by atoms with E-state index in [1.54, 1.807) is 7.11 Å². The topological polar surface area (TPSA) is 47.0 Å². The van der Waals surface area contributed by atoms with Crippen LogP contribution in [0.1, 0.15) is 45.6 Å². The number of halogens is 1. The Morgan fingerprint density at radius 3 is 2.44 bits per heavy atom. The standard InChI is InChI=1S/C13H22IN3O/c1-6-8-9-10(14)11(15-7-2)17-12(16-9)13(3,4)18-5/h6-8H2,1-5H3,(H,15,16,17). The lowest BCUT2D eigenvalue weighted by atomic mass is 10.1. The monoisotopic (exact) mass is 363 g/mol. The van der Waals surface area contributed by atoms with Gasteiger partial charge in [0.05, 0.1) is 9.26 Å². The molecule has 5 heteroatoms. The minimum absolute atomic E-state index is 0.461. The van der Waals surface area contributed by atoms with Crippen molar-refractivity contribution in [1.82, 2.24) is 9.97 Å². The molecule has 1 aromatic rings. The number of rotatable bonds is 6. The first-order valence-electron chi connectivity index (χ1n) is 6.32. The summed E-state index contributed by atoms with van der Waals surface area (Å²) in [4.78, 5) is 9.26. The van der Waals surface area contributed by atoms with Crippen LogP contribution in [0.5, 0.6) is 0 Å². The lowest BCUT2D eigenvalue weighted by Gasteiger charge is -2.23. The highest BCUT2D eigenvalue weighted by molar-refractivity contribution is 14.1. The third-order valence-corrected chi connectivity index (χ3v) is 3.93. The highest BCUT2D eigenvalue weighted by Gasteiger charge is 2.25. The van der Waals surface area contributed by atoms with Crippen molar-refractivity contribution in [2.45, 2.75) is 46.1 Å². The van der Waals surface area contributed by atoms with Gasteiger partial charge in [0.25, 0.3) is 0 Å². The first-order valence-corrected chi connectivity index (χ1v) is 7.40. The first kappa shape index (κ1) is 15.6. The molecule has 0 bridgehead atoms. The minimum atomic E-state index is -0.461. The minimum Gasteiger partial charge on any atom is -0.371 e. The van der Waals surface area contributed by atoms with Gasteiger partial charge >= 0.3 is 0 Å². The van der Waals surface area contributed by atoms with Gasteiger partial charge in [-0.1, -0.05) is 13.3 Å². The van der Waals surface area contributed by atoms with E-state index in [1.807, 2.05) is 13.8 Å². The Hall–Kier alpha value is -0.430. The summed E-state index contributed by atoms with van der Waals surface area (Å²) >= 11 is 2.32. The average Bonchev–Trinajstić information content (AvgIpc) is 2.34. The Labute approximate surface area is 123 Å². The maximum absolute atomic E-state index is 5.47. The molecule has 0 fully saturated rings. The summed E-state index contributed by atoms with van der Waals surface area (Å²) in [5, 5.41) is 3.30. The molecular formula is C13H22IN3O. The Morgan fingerprint density at radius 1 is 1.28 bits per heavy atom. The zero-order valence-corrected chi connectivity index (χ0v) is 14.0. The van der Waals surface area contributed by atoms with E-state index in [1.165, 1.54) is 0 Å². The third kappa shape index (κ3) is 3.54. The van der Waals surface area contributed by atoms with E-state index < -0.39 is 5.60 Å². The lowest BCUT2D eigenvalue weighted by molar-refractivity contribution is 0.0113. The average molecular weight is 363 g/mol. The molecule has 0 radical (unpaired) electrons. The quantitative estimate of drug-likeness (QED) is 0.788. The van der Waals surface area contributed by atoms with Crippen molar-refractivity contribution in [1.29, 1.82) is 0 Å². The number of anilines is 1. The Kier molecular flexibility index (Phi) is 5.78. The van der Waals surface area contributed by atoms with E-state index in [9.17, 15) is 0 Å². The molecule has 0 atom stereocenters. The fourth-order valence-electron chi connectivity index (χ4n) is 1.54. The van der Waals surface area contributed by atoms with Crippen LogP contribution in [-0.4, -0.2) is 23.6 Å². The molecule has 18 heavy (non-hydrogen) atoms. The van der Waals surface area contributed by atoms with Gasteiger partial charge in [-0.25, -0.2) is 9.97 Å². The van der Waals surface area contributed by atoms with Gasteiger partial charge in [0.15, 0.2) is 5.82 Å². The molecule has 0 aliphatic carbocycles. The van der Waals surface area contributed by atoms with Crippen molar-refractivity contribution in [3.05, 3.63) is 15.1 Å². The normalized spacial score (nSPS) is 11.7. The number of aromatic nitrogens is 2. The number of nitrogens with zero attached hydrogens (tertiary/aromatic N) is 2. The predicted octanol–water partition coefficient (Wildman–Crippen LogP) is 3.35. The van der Waals surface area contributed by atoms with Gasteiger partial charge in [-0.3, -0.25) is 0 Å². The first-order chi connectivity index (χ1) is 8.46. The van der Waals surface area contributed by atoms with E-state index >= 15 is 0 Å². The highest BCUT2D eigenvalue weighted by Crippen LogP contribution is 2.26. The molecule has 1 heterocycles. The number of nitrogens with one attached hydrogen (secondary N) is 1. The number of methoxy groups -OCH3 is 1. The molecule has 0 aromatic carbocycles. The largest absolute Gasteiger partial charge is 0.371 e. The second-order valence-corrected chi connectivity index (χ2v) is 5.73. The van der Waals surface area contributed by atoms with Gasteiger partial charge in [0, 0.05) is 13.7 Å². The van der Waals surface area contributed by atoms with Crippen LogP contribution in [0.2, 0.25) is 0 Å². The molecule has 0 amide bonds. The smallest absolute Gasteiger partial charge is 0.162 e. The molecule has 0 aliphatic rings. The molecule has 0 saturated heterocycles. The second kappa shape index (κ2) is 6.65. The van der Waals surface area contributed by atoms with Crippen molar-refractivity contribution < 1.29 is 4.74 Å². The van der Waals surface area contributed by atoms with E-state index in [0.717, 1.165) is 40.3 Å². The fraction of sp³-hybridized carbons (Fsp3) is 0.692. The third-order valence-electron chi connectivity index (χ3n) is 2.80. The maximum Gasteiger partial charge on any atom is 0.162 e. The van der Waals surface area contributed by atoms with Crippen LogP contribution in [0.15, 0.2) is 0 Å². The summed E-state index contributed by atoms with van der Waals surface area (Å²) in [5.41, 5.74) is 0.640. The van der Waals surface area contributed by atoms with Crippen LogP contribution < -0.4 is 5.32 Å². The van der Waals surface area contributed by atoms with Crippen LogP contribution in [-0.2, 0) is 16.8 Å². The van der Waals surface area contributed by atoms with Crippen molar-refractivity contribution in [2.75, 3.05) is 19.0 Å². The van der Waals surface area contributed by atoms with Gasteiger partial charge in [0.2, 0.25) is 0 Å². The molecule has 1 rings (SSSR count). The van der Waals surface area contributed by atoms with Gasteiger partial charge in [-0.2, -0.15) is 0 Å². The van der Waals surface area contributed by atoms with E-state index in [4.69, 9.17) is 4.74 Å². The number of hydrogen-bond donors (Lipinski definition) is 1. The van der Waals surface area contributed by atoms with Crippen molar-refractivity contribution in [2.24, 2.45) is 0 Å². The number of ether oxygens (including phenoxy) is 1. The van der Waals surface area contributed by atoms with Crippen LogP contribution in [0, 0.1) is 3.57 Å². The molecule has 102 valence electrons. The zero-order chi connectivity index (χ0) is 13.8. The number of hydrogen-bond acceptors (Lipinski definition) is 4. The highest BCUT2D eigenvalue weighted by atomic mass is 127. The van der Waals surface area contributed by atoms with Crippen LogP contribution in [0.3, 0.4) is 0 Å². The molecule has 4 nitrogen and oxygen atoms in total. The van der Waals surface area contributed by atoms with Gasteiger partial charge in [0.1, 0.15) is 11.4 Å². The van der Waals surface area contributed by atoms with Crippen LogP contribution in [0.4, 0.5) is 5.82 Å². The van der Waals surface area contributed by atoms with Gasteiger partial charge < -0.3 is 10.1 Å². The molecule has 0 unspecified atom stereocenters. The maximum atomic E-state index is 5.47. The van der Waals surface area contributed by atoms with Crippen molar-refractivity contribution in [3.63, 3.8) is 0 Å². The lowest BCUT2D eigenvalue weighted by Crippen LogP contribution is -2.25.